The van der Waals surface area contributed by atoms with Crippen molar-refractivity contribution in [1.82, 2.24) is 10.3 Å². The highest BCUT2D eigenvalue weighted by molar-refractivity contribution is 5.76. The predicted octanol–water partition coefficient (Wildman–Crippen LogP) is -0.163. The van der Waals surface area contributed by atoms with Gasteiger partial charge >= 0.3 is 5.97 Å². The molecule has 6 heteroatoms. The van der Waals surface area contributed by atoms with Crippen molar-refractivity contribution in [2.75, 3.05) is 0 Å². The van der Waals surface area contributed by atoms with Gasteiger partial charge in [0.1, 0.15) is 11.8 Å². The molecule has 0 radical (unpaired) electrons. The van der Waals surface area contributed by atoms with E-state index in [1.165, 1.54) is 6.07 Å². The molecule has 1 atom stereocenters. The monoisotopic (exact) mass is 224 g/mol. The number of aromatic hydroxyl groups is 1. The maximum Gasteiger partial charge on any atom is 0.326 e. The van der Waals surface area contributed by atoms with Gasteiger partial charge in [-0.2, -0.15) is 0 Å². The Morgan fingerprint density at radius 1 is 1.62 bits per heavy atom. The summed E-state index contributed by atoms with van der Waals surface area (Å²) in [4.78, 5) is 25.0. The first-order chi connectivity index (χ1) is 7.54. The van der Waals surface area contributed by atoms with Crippen LogP contribution >= 0.6 is 0 Å². The SMILES string of the molecule is Cc1ccc(O)c(CC(NC=O)C(=O)O)n1. The number of carbonyl (C=O) groups is 2. The zero-order valence-electron chi connectivity index (χ0n) is 8.67. The van der Waals surface area contributed by atoms with Gasteiger partial charge in [0, 0.05) is 12.1 Å². The zero-order valence-corrected chi connectivity index (χ0v) is 8.67. The fourth-order valence-corrected chi connectivity index (χ4v) is 1.25. The van der Waals surface area contributed by atoms with Crippen molar-refractivity contribution in [3.63, 3.8) is 0 Å². The molecule has 0 aromatic carbocycles. The van der Waals surface area contributed by atoms with Crippen molar-refractivity contribution >= 4 is 12.4 Å². The summed E-state index contributed by atoms with van der Waals surface area (Å²) < 4.78 is 0. The molecule has 0 fully saturated rings. The van der Waals surface area contributed by atoms with E-state index in [0.717, 1.165) is 0 Å². The van der Waals surface area contributed by atoms with Gasteiger partial charge in [-0.3, -0.25) is 9.78 Å². The van der Waals surface area contributed by atoms with Gasteiger partial charge in [0.25, 0.3) is 0 Å². The normalized spacial score (nSPS) is 11.8. The lowest BCUT2D eigenvalue weighted by Crippen LogP contribution is -2.37. The highest BCUT2D eigenvalue weighted by Crippen LogP contribution is 2.16. The molecule has 1 aromatic heterocycles. The van der Waals surface area contributed by atoms with Gasteiger partial charge in [-0.05, 0) is 19.1 Å². The Balaban J connectivity index is 2.88. The lowest BCUT2D eigenvalue weighted by molar-refractivity contribution is -0.140. The lowest BCUT2D eigenvalue weighted by atomic mass is 10.1. The molecule has 0 aliphatic heterocycles. The minimum absolute atomic E-state index is 0.0540. The second-order valence-corrected chi connectivity index (χ2v) is 3.30. The predicted molar refractivity (Wildman–Crippen MR) is 55.0 cm³/mol. The van der Waals surface area contributed by atoms with Crippen LogP contribution < -0.4 is 5.32 Å². The van der Waals surface area contributed by atoms with Crippen LogP contribution in [0.4, 0.5) is 0 Å². The van der Waals surface area contributed by atoms with E-state index in [1.807, 2.05) is 0 Å². The van der Waals surface area contributed by atoms with Crippen LogP contribution in [0.15, 0.2) is 12.1 Å². The maximum absolute atomic E-state index is 10.8. The third-order valence-electron chi connectivity index (χ3n) is 2.05. The van der Waals surface area contributed by atoms with Crippen molar-refractivity contribution in [3.05, 3.63) is 23.5 Å². The van der Waals surface area contributed by atoms with Crippen molar-refractivity contribution < 1.29 is 19.8 Å². The summed E-state index contributed by atoms with van der Waals surface area (Å²) in [6, 6.07) is 1.97. The average Bonchev–Trinajstić information content (AvgIpc) is 2.22. The maximum atomic E-state index is 10.8. The molecular weight excluding hydrogens is 212 g/mol. The summed E-state index contributed by atoms with van der Waals surface area (Å²) in [5, 5.41) is 20.4. The Kier molecular flexibility index (Phi) is 3.82. The number of aryl methyl sites for hydroxylation is 1. The molecule has 0 aliphatic rings. The van der Waals surface area contributed by atoms with Gasteiger partial charge in [-0.25, -0.2) is 4.79 Å². The second-order valence-electron chi connectivity index (χ2n) is 3.30. The number of aromatic nitrogens is 1. The highest BCUT2D eigenvalue weighted by atomic mass is 16.4. The van der Waals surface area contributed by atoms with E-state index >= 15 is 0 Å². The second kappa shape index (κ2) is 5.11. The van der Waals surface area contributed by atoms with E-state index in [-0.39, 0.29) is 17.9 Å². The minimum atomic E-state index is -1.17. The van der Waals surface area contributed by atoms with Crippen molar-refractivity contribution in [1.29, 1.82) is 0 Å². The number of carboxylic acid groups (broad SMARTS) is 1. The van der Waals surface area contributed by atoms with Crippen LogP contribution in [-0.2, 0) is 16.0 Å². The number of hydrogen-bond acceptors (Lipinski definition) is 4. The lowest BCUT2D eigenvalue weighted by Gasteiger charge is -2.11. The number of hydrogen-bond donors (Lipinski definition) is 3. The fraction of sp³-hybridized carbons (Fsp3) is 0.300. The summed E-state index contributed by atoms with van der Waals surface area (Å²) in [6.07, 6.45) is 0.257. The summed E-state index contributed by atoms with van der Waals surface area (Å²) in [5.74, 6) is -1.25. The number of carbonyl (C=O) groups excluding carboxylic acids is 1. The molecule has 1 heterocycles. The van der Waals surface area contributed by atoms with Crippen molar-refractivity contribution in [3.8, 4) is 5.75 Å². The van der Waals surface area contributed by atoms with Crippen LogP contribution in [-0.4, -0.2) is 33.6 Å². The summed E-state index contributed by atoms with van der Waals surface area (Å²) in [6.45, 7) is 1.73. The van der Waals surface area contributed by atoms with Crippen LogP contribution in [0, 0.1) is 6.92 Å². The van der Waals surface area contributed by atoms with Crippen LogP contribution in [0.3, 0.4) is 0 Å². The van der Waals surface area contributed by atoms with Crippen LogP contribution in [0.1, 0.15) is 11.4 Å². The van der Waals surface area contributed by atoms with E-state index in [4.69, 9.17) is 5.11 Å². The first kappa shape index (κ1) is 12.0. The number of carboxylic acids is 1. The first-order valence-electron chi connectivity index (χ1n) is 4.62. The number of nitrogens with zero attached hydrogens (tertiary/aromatic N) is 1. The Labute approximate surface area is 91.9 Å². The molecule has 0 saturated heterocycles. The Morgan fingerprint density at radius 2 is 2.31 bits per heavy atom. The van der Waals surface area contributed by atoms with Gasteiger partial charge < -0.3 is 15.5 Å². The van der Waals surface area contributed by atoms with Gasteiger partial charge in [0.15, 0.2) is 0 Å². The third kappa shape index (κ3) is 2.94. The molecule has 16 heavy (non-hydrogen) atoms. The summed E-state index contributed by atoms with van der Waals surface area (Å²) in [5.41, 5.74) is 0.921. The molecule has 0 bridgehead atoms. The highest BCUT2D eigenvalue weighted by Gasteiger charge is 2.19. The Bertz CT molecular complexity index is 406. The average molecular weight is 224 g/mol. The molecule has 1 aromatic rings. The molecule has 0 saturated carbocycles. The van der Waals surface area contributed by atoms with E-state index in [9.17, 15) is 14.7 Å². The fourth-order valence-electron chi connectivity index (χ4n) is 1.25. The number of pyridine rings is 1. The van der Waals surface area contributed by atoms with E-state index < -0.39 is 12.0 Å². The third-order valence-corrected chi connectivity index (χ3v) is 2.05. The number of amides is 1. The Morgan fingerprint density at radius 3 is 2.88 bits per heavy atom. The smallest absolute Gasteiger partial charge is 0.326 e. The molecule has 0 aliphatic carbocycles. The topological polar surface area (TPSA) is 99.5 Å². The quantitative estimate of drug-likeness (QED) is 0.603. The summed E-state index contributed by atoms with van der Waals surface area (Å²) in [7, 11) is 0. The molecule has 1 rings (SSSR count). The Hall–Kier alpha value is -2.11. The van der Waals surface area contributed by atoms with E-state index in [1.54, 1.807) is 13.0 Å². The molecular formula is C10H12N2O4. The van der Waals surface area contributed by atoms with Gasteiger partial charge in [-0.15, -0.1) is 0 Å². The van der Waals surface area contributed by atoms with Gasteiger partial charge in [-0.1, -0.05) is 0 Å². The van der Waals surface area contributed by atoms with E-state index in [2.05, 4.69) is 10.3 Å². The largest absolute Gasteiger partial charge is 0.506 e. The van der Waals surface area contributed by atoms with Crippen LogP contribution in [0.25, 0.3) is 0 Å². The molecule has 1 unspecified atom stereocenters. The van der Waals surface area contributed by atoms with Gasteiger partial charge in [0.05, 0.1) is 5.69 Å². The summed E-state index contributed by atoms with van der Waals surface area (Å²) >= 11 is 0. The minimum Gasteiger partial charge on any atom is -0.506 e. The number of aliphatic carboxylic acids is 1. The van der Waals surface area contributed by atoms with Crippen molar-refractivity contribution in [2.24, 2.45) is 0 Å². The first-order valence-corrected chi connectivity index (χ1v) is 4.62. The van der Waals surface area contributed by atoms with E-state index in [0.29, 0.717) is 12.1 Å². The molecule has 1 amide bonds. The molecule has 86 valence electrons. The van der Waals surface area contributed by atoms with Crippen molar-refractivity contribution in [2.45, 2.75) is 19.4 Å². The zero-order chi connectivity index (χ0) is 12.1. The van der Waals surface area contributed by atoms with Crippen LogP contribution in [0.2, 0.25) is 0 Å². The van der Waals surface area contributed by atoms with Crippen LogP contribution in [0.5, 0.6) is 5.75 Å². The molecule has 6 nitrogen and oxygen atoms in total. The van der Waals surface area contributed by atoms with Gasteiger partial charge in [0.2, 0.25) is 6.41 Å². The molecule has 3 N–H and O–H groups in total. The number of nitrogens with one attached hydrogen (secondary N) is 1. The number of rotatable bonds is 5. The molecule has 0 spiro atoms. The standard InChI is InChI=1S/C10H12N2O4/c1-6-2-3-9(14)7(12-6)4-8(10(15)16)11-5-13/h2-3,5,8,14H,4H2,1H3,(H,11,13)(H,15,16).